The Morgan fingerprint density at radius 3 is 0.955 bits per heavy atom. The van der Waals surface area contributed by atoms with Crippen LogP contribution in [-0.2, 0) is 0 Å². The maximum Gasteiger partial charge on any atom is 0.178 e. The molecule has 2 heterocycles. The Labute approximate surface area is 254 Å². The fourth-order valence-corrected chi connectivity index (χ4v) is 6.53. The minimum atomic E-state index is 0.774. The summed E-state index contributed by atoms with van der Waals surface area (Å²) in [6.45, 7) is 0. The van der Waals surface area contributed by atoms with Crippen molar-refractivity contribution in [3.63, 3.8) is 0 Å². The first-order valence-electron chi connectivity index (χ1n) is 14.9. The van der Waals surface area contributed by atoms with Gasteiger partial charge in [0.15, 0.2) is 11.2 Å². The monoisotopic (exact) mass is 562 g/mol. The Morgan fingerprint density at radius 2 is 0.591 bits per heavy atom. The van der Waals surface area contributed by atoms with Gasteiger partial charge in [-0.2, -0.15) is 0 Å². The number of hydrogen-bond acceptors (Lipinski definition) is 2. The van der Waals surface area contributed by atoms with Crippen LogP contribution in [0.15, 0.2) is 167 Å². The van der Waals surface area contributed by atoms with Crippen LogP contribution in [-0.4, -0.2) is 0 Å². The van der Waals surface area contributed by atoms with Crippen LogP contribution in [0.2, 0.25) is 0 Å². The van der Waals surface area contributed by atoms with Crippen LogP contribution in [0.3, 0.4) is 0 Å². The predicted molar refractivity (Wildman–Crippen MR) is 183 cm³/mol. The Kier molecular flexibility index (Phi) is 5.54. The Morgan fingerprint density at radius 1 is 0.250 bits per heavy atom. The lowest BCUT2D eigenvalue weighted by Gasteiger charge is -2.08. The van der Waals surface area contributed by atoms with Gasteiger partial charge in [0.05, 0.1) is 0 Å². The molecule has 0 aliphatic carbocycles. The molecule has 7 aromatic carbocycles. The van der Waals surface area contributed by atoms with Crippen molar-refractivity contribution in [3.05, 3.63) is 158 Å². The zero-order valence-corrected chi connectivity index (χ0v) is 23.8. The van der Waals surface area contributed by atoms with E-state index in [1.54, 1.807) is 0 Å². The molecule has 0 atom stereocenters. The van der Waals surface area contributed by atoms with Gasteiger partial charge in [-0.1, -0.05) is 121 Å². The molecular weight excluding hydrogens is 536 g/mol. The summed E-state index contributed by atoms with van der Waals surface area (Å²) in [6, 6.07) is 55.4. The molecule has 0 aliphatic rings. The van der Waals surface area contributed by atoms with Crippen LogP contribution >= 0.6 is 0 Å². The van der Waals surface area contributed by atoms with Gasteiger partial charge in [-0.05, 0) is 69.8 Å². The molecule has 0 saturated heterocycles. The minimum absolute atomic E-state index is 0.774. The fourth-order valence-electron chi connectivity index (χ4n) is 6.53. The smallest absolute Gasteiger partial charge is 0.178 e. The van der Waals surface area contributed by atoms with Gasteiger partial charge in [0.25, 0.3) is 0 Å². The number of benzene rings is 7. The van der Waals surface area contributed by atoms with Gasteiger partial charge < -0.3 is 8.83 Å². The van der Waals surface area contributed by atoms with Crippen LogP contribution in [0, 0.1) is 0 Å². The second-order valence-electron chi connectivity index (χ2n) is 11.3. The van der Waals surface area contributed by atoms with Crippen molar-refractivity contribution >= 4 is 43.9 Å². The molecule has 0 spiro atoms. The second-order valence-corrected chi connectivity index (χ2v) is 11.3. The van der Waals surface area contributed by atoms with E-state index in [1.165, 1.54) is 11.1 Å². The third kappa shape index (κ3) is 3.89. The molecule has 0 amide bonds. The van der Waals surface area contributed by atoms with Crippen molar-refractivity contribution in [3.8, 4) is 44.5 Å². The molecule has 9 aromatic rings. The largest absolute Gasteiger partial charge is 0.451 e. The highest BCUT2D eigenvalue weighted by atomic mass is 16.4. The quantitative estimate of drug-likeness (QED) is 0.213. The molecule has 9 rings (SSSR count). The van der Waals surface area contributed by atoms with Crippen molar-refractivity contribution < 1.29 is 8.83 Å². The topological polar surface area (TPSA) is 26.3 Å². The van der Waals surface area contributed by atoms with Crippen LogP contribution in [0.4, 0.5) is 0 Å². The van der Waals surface area contributed by atoms with E-state index in [4.69, 9.17) is 8.83 Å². The Hall–Kier alpha value is -5.86. The minimum Gasteiger partial charge on any atom is -0.451 e. The number of fused-ring (bicyclic) bond motifs is 7. The molecular formula is C42H26O2. The highest BCUT2D eigenvalue weighted by Crippen LogP contribution is 2.45. The first-order valence-corrected chi connectivity index (χ1v) is 14.9. The SMILES string of the molecule is c1ccc(-c2cc(-c3ccccc3)c3oc4c(ccc5c6cc(-c7ccccc7)cc(-c7ccccc7)c6oc54)c3c2)cc1. The van der Waals surface area contributed by atoms with Gasteiger partial charge in [-0.25, -0.2) is 0 Å². The summed E-state index contributed by atoms with van der Waals surface area (Å²) >= 11 is 0. The average Bonchev–Trinajstić information content (AvgIpc) is 3.68. The van der Waals surface area contributed by atoms with E-state index < -0.39 is 0 Å². The molecule has 2 heteroatoms. The first-order chi connectivity index (χ1) is 21.8. The van der Waals surface area contributed by atoms with Crippen LogP contribution in [0.5, 0.6) is 0 Å². The summed E-state index contributed by atoms with van der Waals surface area (Å²) in [7, 11) is 0. The zero-order chi connectivity index (χ0) is 29.0. The van der Waals surface area contributed by atoms with E-state index in [1.807, 2.05) is 12.1 Å². The molecule has 0 bridgehead atoms. The molecule has 0 fully saturated rings. The lowest BCUT2D eigenvalue weighted by atomic mass is 9.95. The third-order valence-electron chi connectivity index (χ3n) is 8.66. The predicted octanol–water partition coefficient (Wildman–Crippen LogP) is 12.2. The van der Waals surface area contributed by atoms with Gasteiger partial charge >= 0.3 is 0 Å². The summed E-state index contributed by atoms with van der Waals surface area (Å²) < 4.78 is 13.7. The maximum absolute atomic E-state index is 6.84. The van der Waals surface area contributed by atoms with Crippen molar-refractivity contribution in [2.75, 3.05) is 0 Å². The molecule has 206 valence electrons. The van der Waals surface area contributed by atoms with E-state index in [9.17, 15) is 0 Å². The molecule has 2 aromatic heterocycles. The third-order valence-corrected chi connectivity index (χ3v) is 8.66. The molecule has 0 aliphatic heterocycles. The highest BCUT2D eigenvalue weighted by Gasteiger charge is 2.21. The summed E-state index contributed by atoms with van der Waals surface area (Å²) in [5.41, 5.74) is 12.3. The van der Waals surface area contributed by atoms with E-state index in [0.29, 0.717) is 0 Å². The van der Waals surface area contributed by atoms with E-state index in [-0.39, 0.29) is 0 Å². The number of furan rings is 2. The van der Waals surface area contributed by atoms with Crippen LogP contribution in [0.25, 0.3) is 88.4 Å². The van der Waals surface area contributed by atoms with Crippen LogP contribution in [0.1, 0.15) is 0 Å². The summed E-state index contributed by atoms with van der Waals surface area (Å²) in [6.07, 6.45) is 0. The normalized spacial score (nSPS) is 11.6. The van der Waals surface area contributed by atoms with Gasteiger partial charge in [0.1, 0.15) is 11.2 Å². The lowest BCUT2D eigenvalue weighted by molar-refractivity contribution is 0.634. The average molecular weight is 563 g/mol. The summed E-state index contributed by atoms with van der Waals surface area (Å²) in [4.78, 5) is 0. The number of hydrogen-bond donors (Lipinski definition) is 0. The zero-order valence-electron chi connectivity index (χ0n) is 23.8. The molecule has 0 unspecified atom stereocenters. The molecule has 44 heavy (non-hydrogen) atoms. The maximum atomic E-state index is 6.84. The molecule has 0 N–H and O–H groups in total. The van der Waals surface area contributed by atoms with E-state index >= 15 is 0 Å². The van der Waals surface area contributed by atoms with E-state index in [0.717, 1.165) is 77.3 Å². The summed E-state index contributed by atoms with van der Waals surface area (Å²) in [5.74, 6) is 0. The molecule has 2 nitrogen and oxygen atoms in total. The van der Waals surface area contributed by atoms with Crippen LogP contribution < -0.4 is 0 Å². The lowest BCUT2D eigenvalue weighted by Crippen LogP contribution is -1.83. The van der Waals surface area contributed by atoms with E-state index in [2.05, 4.69) is 146 Å². The first kappa shape index (κ1) is 24.7. The van der Waals surface area contributed by atoms with Gasteiger partial charge in [-0.15, -0.1) is 0 Å². The van der Waals surface area contributed by atoms with Crippen molar-refractivity contribution in [1.29, 1.82) is 0 Å². The van der Waals surface area contributed by atoms with Gasteiger partial charge in [0, 0.05) is 32.7 Å². The molecule has 0 saturated carbocycles. The van der Waals surface area contributed by atoms with Crippen molar-refractivity contribution in [2.24, 2.45) is 0 Å². The number of rotatable bonds is 4. The van der Waals surface area contributed by atoms with Crippen molar-refractivity contribution in [2.45, 2.75) is 0 Å². The Balaban J connectivity index is 1.37. The Bertz CT molecular complexity index is 2280. The fraction of sp³-hybridized carbons (Fsp3) is 0. The molecule has 0 radical (unpaired) electrons. The summed E-state index contributed by atoms with van der Waals surface area (Å²) in [5, 5.41) is 4.25. The van der Waals surface area contributed by atoms with Gasteiger partial charge in [-0.3, -0.25) is 0 Å². The standard InChI is InChI=1S/C42H26O2/c1-5-13-27(14-6-1)31-23-35(29-17-9-3-10-18-29)39-37(25-31)33-21-22-34-38-26-32(28-15-7-2-8-16-28)24-36(30-19-11-4-12-20-30)40(38)44-42(34)41(33)43-39/h1-26H. The van der Waals surface area contributed by atoms with Gasteiger partial charge in [0.2, 0.25) is 0 Å². The van der Waals surface area contributed by atoms with Crippen molar-refractivity contribution in [1.82, 2.24) is 0 Å². The second kappa shape index (κ2) is 9.86. The highest BCUT2D eigenvalue weighted by molar-refractivity contribution is 6.22.